The maximum absolute atomic E-state index is 11.6. The number of nitrogens with zero attached hydrogens (tertiary/aromatic N) is 1. The highest BCUT2D eigenvalue weighted by atomic mass is 16.2. The van der Waals surface area contributed by atoms with Crippen LogP contribution >= 0.6 is 0 Å². The molecule has 1 aromatic carbocycles. The third kappa shape index (κ3) is 3.23. The summed E-state index contributed by atoms with van der Waals surface area (Å²) in [7, 11) is 0. The van der Waals surface area contributed by atoms with E-state index in [2.05, 4.69) is 35.4 Å². The van der Waals surface area contributed by atoms with Gasteiger partial charge in [-0.3, -0.25) is 4.79 Å². The average molecular weight is 247 g/mol. The van der Waals surface area contributed by atoms with E-state index in [0.717, 1.165) is 30.9 Å². The number of nitrogens with one attached hydrogen (secondary N) is 2. The second-order valence-electron chi connectivity index (χ2n) is 4.95. The zero-order valence-corrected chi connectivity index (χ0v) is 11.1. The molecule has 0 fully saturated rings. The van der Waals surface area contributed by atoms with Gasteiger partial charge in [0.15, 0.2) is 0 Å². The van der Waals surface area contributed by atoms with E-state index in [0.29, 0.717) is 12.6 Å². The maximum Gasteiger partial charge on any atom is 0.243 e. The van der Waals surface area contributed by atoms with Crippen molar-refractivity contribution in [3.63, 3.8) is 0 Å². The SMILES string of the molecule is CC(C)NCCCN1CC(=O)Nc2ccccc21. The van der Waals surface area contributed by atoms with Crippen molar-refractivity contribution in [3.05, 3.63) is 24.3 Å². The Labute approximate surface area is 108 Å². The third-order valence-electron chi connectivity index (χ3n) is 3.01. The minimum atomic E-state index is 0.0746. The van der Waals surface area contributed by atoms with Crippen molar-refractivity contribution in [3.8, 4) is 0 Å². The van der Waals surface area contributed by atoms with Crippen molar-refractivity contribution >= 4 is 17.3 Å². The Hall–Kier alpha value is -1.55. The molecule has 0 aliphatic carbocycles. The van der Waals surface area contributed by atoms with Crippen LogP contribution in [-0.4, -0.2) is 31.6 Å². The molecule has 98 valence electrons. The first-order chi connectivity index (χ1) is 8.66. The normalized spacial score (nSPS) is 14.6. The number of carbonyl (C=O) groups excluding carboxylic acids is 1. The van der Waals surface area contributed by atoms with Crippen LogP contribution in [0.25, 0.3) is 0 Å². The smallest absolute Gasteiger partial charge is 0.243 e. The van der Waals surface area contributed by atoms with Crippen LogP contribution in [0, 0.1) is 0 Å². The van der Waals surface area contributed by atoms with E-state index in [9.17, 15) is 4.79 Å². The second-order valence-corrected chi connectivity index (χ2v) is 4.95. The van der Waals surface area contributed by atoms with Crippen LogP contribution in [0.4, 0.5) is 11.4 Å². The van der Waals surface area contributed by atoms with Crippen LogP contribution in [0.1, 0.15) is 20.3 Å². The van der Waals surface area contributed by atoms with Crippen molar-refractivity contribution in [1.82, 2.24) is 5.32 Å². The molecule has 4 heteroatoms. The Morgan fingerprint density at radius 2 is 2.17 bits per heavy atom. The third-order valence-corrected chi connectivity index (χ3v) is 3.01. The van der Waals surface area contributed by atoms with Crippen LogP contribution in [0.15, 0.2) is 24.3 Å². The number of hydrogen-bond donors (Lipinski definition) is 2. The molecule has 0 saturated carbocycles. The summed E-state index contributed by atoms with van der Waals surface area (Å²) in [6.45, 7) is 6.63. The minimum Gasteiger partial charge on any atom is -0.360 e. The molecule has 0 unspecified atom stereocenters. The van der Waals surface area contributed by atoms with Gasteiger partial charge in [0.2, 0.25) is 5.91 Å². The van der Waals surface area contributed by atoms with E-state index >= 15 is 0 Å². The van der Waals surface area contributed by atoms with E-state index in [1.54, 1.807) is 0 Å². The summed E-state index contributed by atoms with van der Waals surface area (Å²) >= 11 is 0. The number of hydrogen-bond acceptors (Lipinski definition) is 3. The molecule has 0 spiro atoms. The first-order valence-electron chi connectivity index (χ1n) is 6.54. The van der Waals surface area contributed by atoms with Gasteiger partial charge in [0.25, 0.3) is 0 Å². The standard InChI is InChI=1S/C14H21N3O/c1-11(2)15-8-5-9-17-10-14(18)16-12-6-3-4-7-13(12)17/h3-4,6-7,11,15H,5,8-10H2,1-2H3,(H,16,18). The second kappa shape index (κ2) is 5.87. The van der Waals surface area contributed by atoms with Gasteiger partial charge in [0, 0.05) is 12.6 Å². The van der Waals surface area contributed by atoms with E-state index < -0.39 is 0 Å². The number of carbonyl (C=O) groups is 1. The van der Waals surface area contributed by atoms with Gasteiger partial charge in [-0.25, -0.2) is 0 Å². The number of rotatable bonds is 5. The van der Waals surface area contributed by atoms with Gasteiger partial charge in [-0.05, 0) is 25.1 Å². The van der Waals surface area contributed by atoms with Crippen LogP contribution < -0.4 is 15.5 Å². The minimum absolute atomic E-state index is 0.0746. The predicted molar refractivity (Wildman–Crippen MR) is 75.0 cm³/mol. The maximum atomic E-state index is 11.6. The van der Waals surface area contributed by atoms with Gasteiger partial charge in [-0.15, -0.1) is 0 Å². The molecule has 18 heavy (non-hydrogen) atoms. The number of para-hydroxylation sites is 2. The summed E-state index contributed by atoms with van der Waals surface area (Å²) in [5.41, 5.74) is 2.05. The fourth-order valence-corrected chi connectivity index (χ4v) is 2.16. The van der Waals surface area contributed by atoms with E-state index in [4.69, 9.17) is 0 Å². The number of benzene rings is 1. The van der Waals surface area contributed by atoms with E-state index in [1.165, 1.54) is 0 Å². The highest BCUT2D eigenvalue weighted by Gasteiger charge is 2.20. The molecule has 2 rings (SSSR count). The van der Waals surface area contributed by atoms with Gasteiger partial charge < -0.3 is 15.5 Å². The quantitative estimate of drug-likeness (QED) is 0.780. The van der Waals surface area contributed by atoms with Crippen molar-refractivity contribution in [1.29, 1.82) is 0 Å². The molecule has 1 heterocycles. The Morgan fingerprint density at radius 1 is 1.39 bits per heavy atom. The Balaban J connectivity index is 1.94. The fourth-order valence-electron chi connectivity index (χ4n) is 2.16. The first kappa shape index (κ1) is 12.9. The summed E-state index contributed by atoms with van der Waals surface area (Å²) in [4.78, 5) is 13.8. The lowest BCUT2D eigenvalue weighted by Crippen LogP contribution is -2.39. The van der Waals surface area contributed by atoms with Crippen molar-refractivity contribution < 1.29 is 4.79 Å². The van der Waals surface area contributed by atoms with Crippen LogP contribution in [0.2, 0.25) is 0 Å². The molecule has 0 aromatic heterocycles. The summed E-state index contributed by atoms with van der Waals surface area (Å²) < 4.78 is 0. The number of fused-ring (bicyclic) bond motifs is 1. The van der Waals surface area contributed by atoms with Crippen molar-refractivity contribution in [2.75, 3.05) is 29.9 Å². The van der Waals surface area contributed by atoms with Crippen LogP contribution in [-0.2, 0) is 4.79 Å². The monoisotopic (exact) mass is 247 g/mol. The molecule has 1 amide bonds. The first-order valence-corrected chi connectivity index (χ1v) is 6.54. The van der Waals surface area contributed by atoms with E-state index in [1.807, 2.05) is 18.2 Å². The zero-order valence-electron chi connectivity index (χ0n) is 11.1. The molecule has 2 N–H and O–H groups in total. The summed E-state index contributed by atoms with van der Waals surface area (Å²) in [5.74, 6) is 0.0746. The van der Waals surface area contributed by atoms with Crippen molar-refractivity contribution in [2.24, 2.45) is 0 Å². The molecule has 0 bridgehead atoms. The largest absolute Gasteiger partial charge is 0.360 e. The zero-order chi connectivity index (χ0) is 13.0. The average Bonchev–Trinajstić information content (AvgIpc) is 2.34. The molecule has 0 radical (unpaired) electrons. The molecular weight excluding hydrogens is 226 g/mol. The molecular formula is C14H21N3O. The molecule has 0 saturated heterocycles. The molecule has 1 aliphatic heterocycles. The fraction of sp³-hybridized carbons (Fsp3) is 0.500. The summed E-state index contributed by atoms with van der Waals surface area (Å²) in [6, 6.07) is 8.48. The van der Waals surface area contributed by atoms with Gasteiger partial charge >= 0.3 is 0 Å². The Kier molecular flexibility index (Phi) is 4.20. The Bertz CT molecular complexity index is 417. The predicted octanol–water partition coefficient (Wildman–Crippen LogP) is 1.83. The lowest BCUT2D eigenvalue weighted by atomic mass is 10.2. The topological polar surface area (TPSA) is 44.4 Å². The highest BCUT2D eigenvalue weighted by molar-refractivity contribution is 6.01. The van der Waals surface area contributed by atoms with Gasteiger partial charge in [0.1, 0.15) is 0 Å². The summed E-state index contributed by atoms with van der Waals surface area (Å²) in [6.07, 6.45) is 1.04. The molecule has 1 aromatic rings. The van der Waals surface area contributed by atoms with E-state index in [-0.39, 0.29) is 5.91 Å². The van der Waals surface area contributed by atoms with Gasteiger partial charge in [-0.2, -0.15) is 0 Å². The van der Waals surface area contributed by atoms with Gasteiger partial charge in [0.05, 0.1) is 17.9 Å². The van der Waals surface area contributed by atoms with Crippen molar-refractivity contribution in [2.45, 2.75) is 26.3 Å². The summed E-state index contributed by atoms with van der Waals surface area (Å²) in [5, 5.41) is 6.30. The molecule has 0 atom stereocenters. The molecule has 1 aliphatic rings. The van der Waals surface area contributed by atoms with Crippen LogP contribution in [0.5, 0.6) is 0 Å². The molecule has 4 nitrogen and oxygen atoms in total. The highest BCUT2D eigenvalue weighted by Crippen LogP contribution is 2.28. The lowest BCUT2D eigenvalue weighted by molar-refractivity contribution is -0.115. The van der Waals surface area contributed by atoms with Crippen LogP contribution in [0.3, 0.4) is 0 Å². The lowest BCUT2D eigenvalue weighted by Gasteiger charge is -2.30. The van der Waals surface area contributed by atoms with Gasteiger partial charge in [-0.1, -0.05) is 26.0 Å². The Morgan fingerprint density at radius 3 is 2.94 bits per heavy atom. The number of anilines is 2. The number of amides is 1.